The third kappa shape index (κ3) is 4.75. The molecule has 140 valence electrons. The van der Waals surface area contributed by atoms with E-state index in [0.717, 1.165) is 16.1 Å². The zero-order valence-electron chi connectivity index (χ0n) is 14.9. The maximum absolute atomic E-state index is 12.7. The zero-order chi connectivity index (χ0) is 19.4. The Morgan fingerprint density at radius 1 is 1.33 bits per heavy atom. The highest BCUT2D eigenvalue weighted by atomic mass is 32.2. The second kappa shape index (κ2) is 8.36. The van der Waals surface area contributed by atoms with Crippen LogP contribution in [0.25, 0.3) is 11.3 Å². The van der Waals surface area contributed by atoms with Crippen LogP contribution in [0.1, 0.15) is 18.2 Å². The highest BCUT2D eigenvalue weighted by Crippen LogP contribution is 2.31. The predicted molar refractivity (Wildman–Crippen MR) is 110 cm³/mol. The number of aromatic nitrogens is 3. The van der Waals surface area contributed by atoms with Gasteiger partial charge in [-0.25, -0.2) is 9.97 Å². The van der Waals surface area contributed by atoms with Gasteiger partial charge >= 0.3 is 0 Å². The quantitative estimate of drug-likeness (QED) is 0.431. The largest absolute Gasteiger partial charge is 0.383 e. The molecule has 0 bridgehead atoms. The van der Waals surface area contributed by atoms with Crippen LogP contribution in [0, 0.1) is 6.92 Å². The minimum absolute atomic E-state index is 0.125. The normalized spacial score (nSPS) is 11.9. The minimum Gasteiger partial charge on any atom is -0.383 e. The van der Waals surface area contributed by atoms with Crippen LogP contribution in [0.2, 0.25) is 0 Å². The van der Waals surface area contributed by atoms with Crippen molar-refractivity contribution >= 4 is 40.0 Å². The van der Waals surface area contributed by atoms with E-state index in [9.17, 15) is 9.59 Å². The van der Waals surface area contributed by atoms with Crippen molar-refractivity contribution in [3.63, 3.8) is 0 Å². The summed E-state index contributed by atoms with van der Waals surface area (Å²) in [5.74, 6) is -0.0690. The highest BCUT2D eigenvalue weighted by molar-refractivity contribution is 8.00. The van der Waals surface area contributed by atoms with E-state index in [2.05, 4.69) is 20.3 Å². The van der Waals surface area contributed by atoms with Crippen molar-refractivity contribution in [3.05, 3.63) is 51.6 Å². The van der Waals surface area contributed by atoms with Gasteiger partial charge in [-0.15, -0.1) is 11.3 Å². The van der Waals surface area contributed by atoms with Gasteiger partial charge in [0.15, 0.2) is 10.3 Å². The second-order valence-electron chi connectivity index (χ2n) is 5.77. The van der Waals surface area contributed by atoms with Gasteiger partial charge in [0.05, 0.1) is 10.9 Å². The molecule has 7 nitrogen and oxygen atoms in total. The van der Waals surface area contributed by atoms with Crippen molar-refractivity contribution in [2.24, 2.45) is 0 Å². The fourth-order valence-electron chi connectivity index (χ4n) is 2.47. The lowest BCUT2D eigenvalue weighted by molar-refractivity contribution is -0.115. The highest BCUT2D eigenvalue weighted by Gasteiger charge is 2.21. The molecular weight excluding hydrogens is 382 g/mol. The van der Waals surface area contributed by atoms with Crippen LogP contribution in [0.15, 0.2) is 46.3 Å². The Hall–Kier alpha value is -2.65. The summed E-state index contributed by atoms with van der Waals surface area (Å²) in [5, 5.41) is 3.31. The first kappa shape index (κ1) is 19.1. The number of anilines is 2. The number of carbonyl (C=O) groups excluding carboxylic acids is 1. The van der Waals surface area contributed by atoms with E-state index in [0.29, 0.717) is 16.7 Å². The molecule has 2 heterocycles. The van der Waals surface area contributed by atoms with Crippen molar-refractivity contribution in [3.8, 4) is 11.3 Å². The van der Waals surface area contributed by atoms with Crippen molar-refractivity contribution in [2.45, 2.75) is 30.7 Å². The molecule has 0 aliphatic heterocycles. The molecule has 0 aliphatic carbocycles. The first-order chi connectivity index (χ1) is 13.0. The van der Waals surface area contributed by atoms with E-state index in [1.165, 1.54) is 29.2 Å². The van der Waals surface area contributed by atoms with E-state index in [1.807, 2.05) is 44.2 Å². The first-order valence-corrected chi connectivity index (χ1v) is 10.0. The number of nitrogen functional groups attached to an aromatic ring is 1. The average molecular weight is 402 g/mol. The summed E-state index contributed by atoms with van der Waals surface area (Å²) in [6.07, 6.45) is 0.560. The Labute approximate surface area is 164 Å². The van der Waals surface area contributed by atoms with Crippen molar-refractivity contribution < 1.29 is 4.79 Å². The van der Waals surface area contributed by atoms with Gasteiger partial charge in [0, 0.05) is 16.5 Å². The van der Waals surface area contributed by atoms with Crippen LogP contribution in [-0.2, 0) is 4.79 Å². The van der Waals surface area contributed by atoms with Crippen LogP contribution in [0.4, 0.5) is 10.9 Å². The number of nitrogens with two attached hydrogens (primary N) is 1. The van der Waals surface area contributed by atoms with Crippen LogP contribution in [0.3, 0.4) is 0 Å². The molecule has 0 spiro atoms. The number of nitrogens with one attached hydrogen (secondary N) is 2. The van der Waals surface area contributed by atoms with E-state index in [1.54, 1.807) is 0 Å². The van der Waals surface area contributed by atoms with Crippen LogP contribution in [0.5, 0.6) is 0 Å². The van der Waals surface area contributed by atoms with Crippen LogP contribution < -0.4 is 16.6 Å². The number of thioether (sulfide) groups is 1. The molecule has 0 aliphatic rings. The molecule has 0 saturated carbocycles. The van der Waals surface area contributed by atoms with Crippen molar-refractivity contribution in [1.82, 2.24) is 15.0 Å². The topological polar surface area (TPSA) is 114 Å². The number of benzene rings is 1. The van der Waals surface area contributed by atoms with Gasteiger partial charge in [0.1, 0.15) is 5.82 Å². The fraction of sp³-hybridized carbons (Fsp3) is 0.222. The number of amides is 1. The fourth-order valence-corrected chi connectivity index (χ4v) is 4.22. The van der Waals surface area contributed by atoms with Crippen molar-refractivity contribution in [1.29, 1.82) is 0 Å². The van der Waals surface area contributed by atoms with E-state index in [4.69, 9.17) is 5.73 Å². The van der Waals surface area contributed by atoms with Gasteiger partial charge in [-0.3, -0.25) is 9.59 Å². The number of carbonyl (C=O) groups is 1. The van der Waals surface area contributed by atoms with Crippen LogP contribution >= 0.6 is 23.1 Å². The Kier molecular flexibility index (Phi) is 5.92. The van der Waals surface area contributed by atoms with E-state index in [-0.39, 0.29) is 17.3 Å². The molecule has 27 heavy (non-hydrogen) atoms. The summed E-state index contributed by atoms with van der Waals surface area (Å²) in [5.41, 5.74) is 7.12. The molecule has 3 rings (SSSR count). The second-order valence-corrected chi connectivity index (χ2v) is 8.16. The molecular formula is C18H19N5O2S2. The lowest BCUT2D eigenvalue weighted by atomic mass is 10.1. The van der Waals surface area contributed by atoms with Gasteiger partial charge in [-0.1, -0.05) is 49.0 Å². The van der Waals surface area contributed by atoms with Gasteiger partial charge in [-0.05, 0) is 13.3 Å². The predicted octanol–water partition coefficient (Wildman–Crippen LogP) is 3.29. The summed E-state index contributed by atoms with van der Waals surface area (Å²) in [7, 11) is 0. The minimum atomic E-state index is -0.431. The van der Waals surface area contributed by atoms with Gasteiger partial charge in [0.25, 0.3) is 5.56 Å². The average Bonchev–Trinajstić information content (AvgIpc) is 2.99. The third-order valence-electron chi connectivity index (χ3n) is 3.73. The standard InChI is InChI=1S/C18H19N5O2S2/c1-3-12(27-17-20-13(19)9-14(24)21-17)16(25)23-18-22-15(10(2)26-18)11-7-5-4-6-8-11/h4-9,12H,3H2,1-2H3,(H,22,23,25)(H3,19,20,21,24)/t12-/m1/s1. The number of nitrogens with zero attached hydrogens (tertiary/aromatic N) is 2. The molecule has 0 radical (unpaired) electrons. The Balaban J connectivity index is 1.74. The number of aryl methyl sites for hydroxylation is 1. The maximum atomic E-state index is 12.7. The molecule has 4 N–H and O–H groups in total. The number of hydrogen-bond acceptors (Lipinski definition) is 7. The number of thiazole rings is 1. The van der Waals surface area contributed by atoms with Crippen molar-refractivity contribution in [2.75, 3.05) is 11.1 Å². The smallest absolute Gasteiger partial charge is 0.253 e. The number of rotatable bonds is 6. The summed E-state index contributed by atoms with van der Waals surface area (Å²) in [6, 6.07) is 11.0. The number of aromatic amines is 1. The SMILES string of the molecule is CC[C@@H](Sc1nc(N)cc(=O)[nH]1)C(=O)Nc1nc(-c2ccccc2)c(C)s1. The summed E-state index contributed by atoms with van der Waals surface area (Å²) in [6.45, 7) is 3.87. The Bertz CT molecular complexity index is 1000. The maximum Gasteiger partial charge on any atom is 0.253 e. The molecule has 1 atom stereocenters. The van der Waals surface area contributed by atoms with E-state index >= 15 is 0 Å². The number of H-pyrrole nitrogens is 1. The molecule has 1 amide bonds. The Morgan fingerprint density at radius 3 is 2.74 bits per heavy atom. The first-order valence-electron chi connectivity index (χ1n) is 8.33. The van der Waals surface area contributed by atoms with E-state index < -0.39 is 5.25 Å². The zero-order valence-corrected chi connectivity index (χ0v) is 16.5. The molecule has 0 saturated heterocycles. The molecule has 0 unspecified atom stereocenters. The molecule has 9 heteroatoms. The summed E-state index contributed by atoms with van der Waals surface area (Å²) >= 11 is 2.60. The molecule has 2 aromatic heterocycles. The monoisotopic (exact) mass is 401 g/mol. The van der Waals surface area contributed by atoms with Gasteiger partial charge < -0.3 is 16.0 Å². The summed E-state index contributed by atoms with van der Waals surface area (Å²) in [4.78, 5) is 36.4. The number of hydrogen-bond donors (Lipinski definition) is 3. The van der Waals surface area contributed by atoms with Gasteiger partial charge in [-0.2, -0.15) is 0 Å². The van der Waals surface area contributed by atoms with Gasteiger partial charge in [0.2, 0.25) is 5.91 Å². The summed E-state index contributed by atoms with van der Waals surface area (Å²) < 4.78 is 0. The third-order valence-corrected chi connectivity index (χ3v) is 5.87. The Morgan fingerprint density at radius 2 is 2.07 bits per heavy atom. The lowest BCUT2D eigenvalue weighted by Gasteiger charge is -2.12. The molecule has 1 aromatic carbocycles. The molecule has 0 fully saturated rings. The lowest BCUT2D eigenvalue weighted by Crippen LogP contribution is -2.25. The molecule has 3 aromatic rings. The van der Waals surface area contributed by atoms with Crippen LogP contribution in [-0.4, -0.2) is 26.1 Å².